The van der Waals surface area contributed by atoms with Gasteiger partial charge in [0.15, 0.2) is 0 Å². The van der Waals surface area contributed by atoms with Crippen LogP contribution in [0.4, 0.5) is 5.69 Å². The summed E-state index contributed by atoms with van der Waals surface area (Å²) in [6.45, 7) is 0. The van der Waals surface area contributed by atoms with Gasteiger partial charge in [0.05, 0.1) is 20.7 Å². The zero-order valence-corrected chi connectivity index (χ0v) is 16.5. The number of non-ortho nitro benzene ring substituents is 1. The van der Waals surface area contributed by atoms with Gasteiger partial charge in [0.2, 0.25) is 0 Å². The summed E-state index contributed by atoms with van der Waals surface area (Å²) in [7, 11) is 0. The van der Waals surface area contributed by atoms with Crippen LogP contribution in [-0.4, -0.2) is 9.91 Å². The van der Waals surface area contributed by atoms with Gasteiger partial charge in [-0.3, -0.25) is 10.1 Å². The Morgan fingerprint density at radius 3 is 2.79 bits per heavy atom. The van der Waals surface area contributed by atoms with Crippen LogP contribution in [0.1, 0.15) is 10.8 Å². The number of nitro benzene ring substituents is 1. The number of aromatic nitrogens is 1. The van der Waals surface area contributed by atoms with Crippen LogP contribution in [0.15, 0.2) is 63.5 Å². The molecule has 8 heteroatoms. The quantitative estimate of drug-likeness (QED) is 0.206. The third-order valence-electron chi connectivity index (χ3n) is 3.99. The summed E-state index contributed by atoms with van der Waals surface area (Å²) in [5, 5.41) is 21.1. The average molecular weight is 452 g/mol. The van der Waals surface area contributed by atoms with E-state index in [0.29, 0.717) is 32.1 Å². The van der Waals surface area contributed by atoms with E-state index in [2.05, 4.69) is 27.0 Å². The predicted molar refractivity (Wildman–Crippen MR) is 112 cm³/mol. The van der Waals surface area contributed by atoms with Crippen molar-refractivity contribution < 1.29 is 9.34 Å². The van der Waals surface area contributed by atoms with Gasteiger partial charge in [-0.15, -0.1) is 11.3 Å². The summed E-state index contributed by atoms with van der Waals surface area (Å²) in [6, 6.07) is 17.8. The van der Waals surface area contributed by atoms with Crippen molar-refractivity contribution in [3.8, 4) is 17.4 Å². The number of nitrogens with zero attached hydrogens (tertiary/aromatic N) is 3. The van der Waals surface area contributed by atoms with Gasteiger partial charge in [0.25, 0.3) is 5.69 Å². The van der Waals surface area contributed by atoms with Crippen molar-refractivity contribution in [3.05, 3.63) is 80.0 Å². The van der Waals surface area contributed by atoms with Gasteiger partial charge in [0.1, 0.15) is 22.6 Å². The van der Waals surface area contributed by atoms with E-state index in [-0.39, 0.29) is 5.69 Å². The van der Waals surface area contributed by atoms with Crippen molar-refractivity contribution >= 4 is 54.8 Å². The number of nitriles is 1. The summed E-state index contributed by atoms with van der Waals surface area (Å²) in [5.74, 6) is 1.03. The Bertz CT molecular complexity index is 1250. The van der Waals surface area contributed by atoms with Crippen molar-refractivity contribution in [2.24, 2.45) is 0 Å². The molecule has 0 spiro atoms. The fourth-order valence-corrected chi connectivity index (χ4v) is 4.16. The first kappa shape index (κ1) is 18.1. The number of para-hydroxylation sites is 1. The second kappa shape index (κ2) is 7.38. The first-order chi connectivity index (χ1) is 13.5. The maximum atomic E-state index is 10.9. The van der Waals surface area contributed by atoms with Gasteiger partial charge in [0, 0.05) is 28.2 Å². The van der Waals surface area contributed by atoms with Gasteiger partial charge in [-0.05, 0) is 46.3 Å². The van der Waals surface area contributed by atoms with Crippen LogP contribution >= 0.6 is 27.3 Å². The molecule has 4 rings (SSSR count). The third kappa shape index (κ3) is 3.45. The van der Waals surface area contributed by atoms with E-state index >= 15 is 0 Å². The molecule has 0 saturated carbocycles. The van der Waals surface area contributed by atoms with E-state index in [1.165, 1.54) is 23.5 Å². The Labute approximate surface area is 171 Å². The Hall–Kier alpha value is -3.28. The van der Waals surface area contributed by atoms with Gasteiger partial charge in [-0.1, -0.05) is 12.1 Å². The lowest BCUT2D eigenvalue weighted by molar-refractivity contribution is -0.384. The highest BCUT2D eigenvalue weighted by molar-refractivity contribution is 9.10. The van der Waals surface area contributed by atoms with Crippen molar-refractivity contribution in [1.29, 1.82) is 5.26 Å². The molecular weight excluding hydrogens is 442 g/mol. The van der Waals surface area contributed by atoms with Crippen molar-refractivity contribution in [2.45, 2.75) is 0 Å². The van der Waals surface area contributed by atoms with Crippen LogP contribution in [0.2, 0.25) is 0 Å². The monoisotopic (exact) mass is 451 g/mol. The smallest absolute Gasteiger partial charge is 0.270 e. The van der Waals surface area contributed by atoms with Crippen LogP contribution in [0.5, 0.6) is 0 Å². The van der Waals surface area contributed by atoms with Crippen molar-refractivity contribution in [1.82, 2.24) is 4.98 Å². The Morgan fingerprint density at radius 1 is 1.25 bits per heavy atom. The van der Waals surface area contributed by atoms with Gasteiger partial charge < -0.3 is 4.42 Å². The fourth-order valence-electron chi connectivity index (χ4n) is 2.66. The number of hydrogen-bond donors (Lipinski definition) is 0. The SMILES string of the molecule is N#C/C(=C/c1ccc(-c2ccc([N+](=O)[O-])cc2Br)o1)c1nc2ccccc2s1. The number of allylic oxidation sites excluding steroid dienone is 1. The number of hydrogen-bond acceptors (Lipinski definition) is 6. The normalized spacial score (nSPS) is 11.5. The topological polar surface area (TPSA) is 93.0 Å². The molecule has 0 fully saturated rings. The summed E-state index contributed by atoms with van der Waals surface area (Å²) in [5.41, 5.74) is 1.93. The third-order valence-corrected chi connectivity index (χ3v) is 5.71. The minimum Gasteiger partial charge on any atom is -0.457 e. The highest BCUT2D eigenvalue weighted by atomic mass is 79.9. The maximum Gasteiger partial charge on any atom is 0.270 e. The lowest BCUT2D eigenvalue weighted by atomic mass is 10.1. The van der Waals surface area contributed by atoms with E-state index < -0.39 is 4.92 Å². The van der Waals surface area contributed by atoms with Crippen LogP contribution in [0.3, 0.4) is 0 Å². The molecule has 0 unspecified atom stereocenters. The number of fused-ring (bicyclic) bond motifs is 1. The largest absolute Gasteiger partial charge is 0.457 e. The molecule has 0 aliphatic heterocycles. The van der Waals surface area contributed by atoms with E-state index in [1.807, 2.05) is 24.3 Å². The molecule has 0 atom stereocenters. The molecule has 2 aromatic heterocycles. The molecule has 0 radical (unpaired) electrons. The Morgan fingerprint density at radius 2 is 2.07 bits per heavy atom. The number of nitro groups is 1. The number of thiazole rings is 1. The van der Waals surface area contributed by atoms with Crippen LogP contribution in [-0.2, 0) is 0 Å². The number of benzene rings is 2. The molecule has 2 heterocycles. The van der Waals surface area contributed by atoms with E-state index in [4.69, 9.17) is 4.42 Å². The predicted octanol–water partition coefficient (Wildman–Crippen LogP) is 6.29. The molecule has 0 N–H and O–H groups in total. The molecule has 0 amide bonds. The molecule has 0 bridgehead atoms. The number of halogens is 1. The van der Waals surface area contributed by atoms with Gasteiger partial charge in [-0.2, -0.15) is 5.26 Å². The molecule has 0 aliphatic carbocycles. The fraction of sp³-hybridized carbons (Fsp3) is 0. The second-order valence-corrected chi connectivity index (χ2v) is 7.66. The van der Waals surface area contributed by atoms with E-state index in [0.717, 1.165) is 10.2 Å². The van der Waals surface area contributed by atoms with E-state index in [1.54, 1.807) is 24.3 Å². The number of furan rings is 1. The summed E-state index contributed by atoms with van der Waals surface area (Å²) in [6.07, 6.45) is 1.64. The molecular formula is C20H10BrN3O3S. The first-order valence-electron chi connectivity index (χ1n) is 8.07. The zero-order valence-electron chi connectivity index (χ0n) is 14.1. The zero-order chi connectivity index (χ0) is 19.7. The van der Waals surface area contributed by atoms with E-state index in [9.17, 15) is 15.4 Å². The summed E-state index contributed by atoms with van der Waals surface area (Å²) in [4.78, 5) is 14.9. The molecule has 4 aromatic rings. The molecule has 2 aromatic carbocycles. The average Bonchev–Trinajstić information content (AvgIpc) is 3.32. The molecule has 0 aliphatic rings. The minimum atomic E-state index is -0.456. The molecule has 0 saturated heterocycles. The van der Waals surface area contributed by atoms with Crippen molar-refractivity contribution in [2.75, 3.05) is 0 Å². The lowest BCUT2D eigenvalue weighted by Gasteiger charge is -2.01. The summed E-state index contributed by atoms with van der Waals surface area (Å²) >= 11 is 4.79. The summed E-state index contributed by atoms with van der Waals surface area (Å²) < 4.78 is 7.39. The minimum absolute atomic E-state index is 0.00935. The van der Waals surface area contributed by atoms with Crippen LogP contribution < -0.4 is 0 Å². The van der Waals surface area contributed by atoms with Crippen molar-refractivity contribution in [3.63, 3.8) is 0 Å². The second-order valence-electron chi connectivity index (χ2n) is 5.78. The molecule has 136 valence electrons. The first-order valence-corrected chi connectivity index (χ1v) is 9.68. The number of rotatable bonds is 4. The molecule has 28 heavy (non-hydrogen) atoms. The van der Waals surface area contributed by atoms with Gasteiger partial charge in [-0.25, -0.2) is 4.98 Å². The van der Waals surface area contributed by atoms with Crippen LogP contribution in [0, 0.1) is 21.4 Å². The Kier molecular flexibility index (Phi) is 4.77. The van der Waals surface area contributed by atoms with Gasteiger partial charge >= 0.3 is 0 Å². The highest BCUT2D eigenvalue weighted by Crippen LogP contribution is 2.34. The lowest BCUT2D eigenvalue weighted by Crippen LogP contribution is -1.88. The van der Waals surface area contributed by atoms with Crippen LogP contribution in [0.25, 0.3) is 33.2 Å². The standard InChI is InChI=1S/C20H10BrN3O3S/c21-16-10-13(24(25)26)5-7-15(16)18-8-6-14(27-18)9-12(11-22)20-23-17-3-1-2-4-19(17)28-20/h1-10H/b12-9-. The highest BCUT2D eigenvalue weighted by Gasteiger charge is 2.14. The molecule has 6 nitrogen and oxygen atoms in total. The Balaban J connectivity index is 1.68. The maximum absolute atomic E-state index is 10.9.